The van der Waals surface area contributed by atoms with Gasteiger partial charge in [0, 0.05) is 18.1 Å². The number of aromatic amines is 1. The molecule has 0 spiro atoms. The van der Waals surface area contributed by atoms with Crippen molar-refractivity contribution in [3.63, 3.8) is 0 Å². The van der Waals surface area contributed by atoms with Gasteiger partial charge in [0.1, 0.15) is 11.6 Å². The smallest absolute Gasteiger partial charge is 0.128 e. The van der Waals surface area contributed by atoms with Gasteiger partial charge in [-0.3, -0.25) is 0 Å². The fraction of sp³-hybridized carbons (Fsp3) is 0.182. The quantitative estimate of drug-likeness (QED) is 0.808. The molecule has 0 amide bonds. The molecule has 78 valence electrons. The number of hydrogen-bond donors (Lipinski definition) is 2. The zero-order valence-electron chi connectivity index (χ0n) is 8.37. The molecule has 0 saturated carbocycles. The molecular formula is C11H12FN3. The number of aromatic nitrogens is 2. The molecule has 2 aromatic rings. The van der Waals surface area contributed by atoms with Gasteiger partial charge >= 0.3 is 0 Å². The Kier molecular flexibility index (Phi) is 2.67. The Hall–Kier alpha value is -1.84. The Balaban J connectivity index is 2.06. The first-order valence-electron chi connectivity index (χ1n) is 4.77. The maximum atomic E-state index is 12.7. The van der Waals surface area contributed by atoms with E-state index in [9.17, 15) is 4.39 Å². The summed E-state index contributed by atoms with van der Waals surface area (Å²) in [5.41, 5.74) is 0.875. The van der Waals surface area contributed by atoms with Gasteiger partial charge in [-0.15, -0.1) is 0 Å². The second-order valence-corrected chi connectivity index (χ2v) is 3.35. The zero-order valence-corrected chi connectivity index (χ0v) is 8.37. The average Bonchev–Trinajstić information content (AvgIpc) is 2.74. The topological polar surface area (TPSA) is 40.7 Å². The van der Waals surface area contributed by atoms with Crippen molar-refractivity contribution >= 4 is 5.69 Å². The molecule has 1 aromatic carbocycles. The van der Waals surface area contributed by atoms with Gasteiger partial charge < -0.3 is 10.3 Å². The van der Waals surface area contributed by atoms with E-state index in [1.807, 2.05) is 6.92 Å². The molecule has 1 aromatic heterocycles. The lowest BCUT2D eigenvalue weighted by atomic mass is 10.2. The number of H-pyrrole nitrogens is 1. The van der Waals surface area contributed by atoms with Crippen LogP contribution in [-0.2, 0) is 0 Å². The van der Waals surface area contributed by atoms with Crippen molar-refractivity contribution in [2.45, 2.75) is 13.0 Å². The van der Waals surface area contributed by atoms with Gasteiger partial charge in [-0.05, 0) is 31.2 Å². The largest absolute Gasteiger partial charge is 0.375 e. The summed E-state index contributed by atoms with van der Waals surface area (Å²) < 4.78 is 12.7. The van der Waals surface area contributed by atoms with Crippen molar-refractivity contribution in [3.05, 3.63) is 48.3 Å². The van der Waals surface area contributed by atoms with Crippen molar-refractivity contribution in [3.8, 4) is 0 Å². The Morgan fingerprint density at radius 1 is 1.33 bits per heavy atom. The molecular weight excluding hydrogens is 193 g/mol. The molecule has 0 fully saturated rings. The zero-order chi connectivity index (χ0) is 10.7. The number of nitrogens with one attached hydrogen (secondary N) is 2. The second kappa shape index (κ2) is 4.13. The van der Waals surface area contributed by atoms with Crippen LogP contribution in [-0.4, -0.2) is 9.97 Å². The lowest BCUT2D eigenvalue weighted by Gasteiger charge is -2.12. The first-order valence-corrected chi connectivity index (χ1v) is 4.77. The molecule has 0 bridgehead atoms. The number of rotatable bonds is 3. The van der Waals surface area contributed by atoms with Crippen LogP contribution in [0.3, 0.4) is 0 Å². The van der Waals surface area contributed by atoms with E-state index < -0.39 is 0 Å². The van der Waals surface area contributed by atoms with Crippen LogP contribution >= 0.6 is 0 Å². The van der Waals surface area contributed by atoms with Gasteiger partial charge in [-0.1, -0.05) is 0 Å². The van der Waals surface area contributed by atoms with E-state index in [1.54, 1.807) is 24.5 Å². The third-order valence-electron chi connectivity index (χ3n) is 2.16. The van der Waals surface area contributed by atoms with Crippen LogP contribution in [0.15, 0.2) is 36.7 Å². The third kappa shape index (κ3) is 2.34. The first-order chi connectivity index (χ1) is 7.25. The van der Waals surface area contributed by atoms with Gasteiger partial charge in [0.05, 0.1) is 6.04 Å². The summed E-state index contributed by atoms with van der Waals surface area (Å²) in [6, 6.07) is 6.34. The van der Waals surface area contributed by atoms with E-state index in [1.165, 1.54) is 12.1 Å². The van der Waals surface area contributed by atoms with Crippen molar-refractivity contribution in [2.75, 3.05) is 5.32 Å². The van der Waals surface area contributed by atoms with E-state index >= 15 is 0 Å². The van der Waals surface area contributed by atoms with Gasteiger partial charge in [0.2, 0.25) is 0 Å². The van der Waals surface area contributed by atoms with Gasteiger partial charge in [-0.2, -0.15) is 0 Å². The summed E-state index contributed by atoms with van der Waals surface area (Å²) in [6.07, 6.45) is 3.48. The van der Waals surface area contributed by atoms with Crippen molar-refractivity contribution in [2.24, 2.45) is 0 Å². The van der Waals surface area contributed by atoms with Crippen molar-refractivity contribution in [1.29, 1.82) is 0 Å². The highest BCUT2D eigenvalue weighted by Crippen LogP contribution is 2.16. The number of hydrogen-bond acceptors (Lipinski definition) is 2. The average molecular weight is 205 g/mol. The maximum absolute atomic E-state index is 12.7. The molecule has 2 rings (SSSR count). The van der Waals surface area contributed by atoms with Crippen LogP contribution < -0.4 is 5.32 Å². The number of imidazole rings is 1. The lowest BCUT2D eigenvalue weighted by Crippen LogP contribution is -2.08. The predicted molar refractivity (Wildman–Crippen MR) is 57.0 cm³/mol. The van der Waals surface area contributed by atoms with Gasteiger partial charge in [0.25, 0.3) is 0 Å². The molecule has 2 N–H and O–H groups in total. The first kappa shape index (κ1) is 9.71. The summed E-state index contributed by atoms with van der Waals surface area (Å²) >= 11 is 0. The Labute approximate surface area is 87.4 Å². The summed E-state index contributed by atoms with van der Waals surface area (Å²) in [4.78, 5) is 7.16. The molecule has 0 aliphatic heterocycles. The van der Waals surface area contributed by atoms with E-state index in [0.29, 0.717) is 0 Å². The SMILES string of the molecule is CC(Nc1ccc(F)cc1)c1ncc[nH]1. The van der Waals surface area contributed by atoms with E-state index in [-0.39, 0.29) is 11.9 Å². The molecule has 1 unspecified atom stereocenters. The predicted octanol–water partition coefficient (Wildman–Crippen LogP) is 2.72. The highest BCUT2D eigenvalue weighted by Gasteiger charge is 2.06. The fourth-order valence-corrected chi connectivity index (χ4v) is 1.38. The summed E-state index contributed by atoms with van der Waals surface area (Å²) in [5, 5.41) is 3.21. The molecule has 0 aliphatic rings. The maximum Gasteiger partial charge on any atom is 0.128 e. The molecule has 0 radical (unpaired) electrons. The molecule has 15 heavy (non-hydrogen) atoms. The normalized spacial score (nSPS) is 12.4. The van der Waals surface area contributed by atoms with E-state index in [2.05, 4.69) is 15.3 Å². The molecule has 0 saturated heterocycles. The molecule has 4 heteroatoms. The minimum absolute atomic E-state index is 0.0745. The molecule has 3 nitrogen and oxygen atoms in total. The lowest BCUT2D eigenvalue weighted by molar-refractivity contribution is 0.628. The number of anilines is 1. The van der Waals surface area contributed by atoms with Crippen LogP contribution in [0.25, 0.3) is 0 Å². The highest BCUT2D eigenvalue weighted by atomic mass is 19.1. The summed E-state index contributed by atoms with van der Waals surface area (Å²) in [5.74, 6) is 0.630. The number of benzene rings is 1. The number of halogens is 1. The van der Waals surface area contributed by atoms with Crippen LogP contribution in [0.1, 0.15) is 18.8 Å². The second-order valence-electron chi connectivity index (χ2n) is 3.35. The number of nitrogens with zero attached hydrogens (tertiary/aromatic N) is 1. The van der Waals surface area contributed by atoms with Crippen LogP contribution in [0.2, 0.25) is 0 Å². The molecule has 1 heterocycles. The molecule has 0 aliphatic carbocycles. The fourth-order valence-electron chi connectivity index (χ4n) is 1.38. The Bertz CT molecular complexity index is 408. The summed E-state index contributed by atoms with van der Waals surface area (Å²) in [7, 11) is 0. The van der Waals surface area contributed by atoms with Crippen LogP contribution in [0.5, 0.6) is 0 Å². The Morgan fingerprint density at radius 3 is 2.67 bits per heavy atom. The van der Waals surface area contributed by atoms with Crippen molar-refractivity contribution in [1.82, 2.24) is 9.97 Å². The van der Waals surface area contributed by atoms with Crippen LogP contribution in [0.4, 0.5) is 10.1 Å². The van der Waals surface area contributed by atoms with Gasteiger partial charge in [-0.25, -0.2) is 9.37 Å². The minimum atomic E-state index is -0.230. The monoisotopic (exact) mass is 205 g/mol. The third-order valence-corrected chi connectivity index (χ3v) is 2.16. The van der Waals surface area contributed by atoms with Crippen molar-refractivity contribution < 1.29 is 4.39 Å². The Morgan fingerprint density at radius 2 is 2.07 bits per heavy atom. The van der Waals surface area contributed by atoms with E-state index in [4.69, 9.17) is 0 Å². The standard InChI is InChI=1S/C11H12FN3/c1-8(11-13-6-7-14-11)15-10-4-2-9(12)3-5-10/h2-8,15H,1H3,(H,13,14). The minimum Gasteiger partial charge on any atom is -0.375 e. The summed E-state index contributed by atoms with van der Waals surface area (Å²) in [6.45, 7) is 1.99. The van der Waals surface area contributed by atoms with Gasteiger partial charge in [0.15, 0.2) is 0 Å². The molecule has 1 atom stereocenters. The van der Waals surface area contributed by atoms with E-state index in [0.717, 1.165) is 11.5 Å². The highest BCUT2D eigenvalue weighted by molar-refractivity contribution is 5.44. The van der Waals surface area contributed by atoms with Crippen LogP contribution in [0, 0.1) is 5.82 Å².